The smallest absolute Gasteiger partial charge is 0.179 e. The fraction of sp³-hybridized carbons (Fsp3) is 0.581. The van der Waals surface area contributed by atoms with Gasteiger partial charge >= 0.3 is 0 Å². The molecule has 1 aromatic carbocycles. The molecule has 4 heterocycles. The summed E-state index contributed by atoms with van der Waals surface area (Å²) in [7, 11) is 0. The number of nitrogens with zero attached hydrogens (tertiary/aromatic N) is 8. The van der Waals surface area contributed by atoms with E-state index in [9.17, 15) is 10.5 Å². The van der Waals surface area contributed by atoms with Crippen molar-refractivity contribution in [2.75, 3.05) is 36.0 Å². The molecular weight excluding hydrogens is 512 g/mol. The van der Waals surface area contributed by atoms with Gasteiger partial charge in [-0.1, -0.05) is 24.3 Å². The van der Waals surface area contributed by atoms with Crippen LogP contribution in [-0.2, 0) is 6.42 Å². The largest absolute Gasteiger partial charge is 0.355 e. The minimum absolute atomic E-state index is 0.0445. The second-order valence-electron chi connectivity index (χ2n) is 13.0. The van der Waals surface area contributed by atoms with Crippen molar-refractivity contribution in [1.82, 2.24) is 25.1 Å². The van der Waals surface area contributed by atoms with Gasteiger partial charge in [-0.25, -0.2) is 9.97 Å². The van der Waals surface area contributed by atoms with Gasteiger partial charge in [-0.2, -0.15) is 15.6 Å². The predicted octanol–water partition coefficient (Wildman–Crippen LogP) is 3.43. The number of aromatic amines is 1. The zero-order valence-corrected chi connectivity index (χ0v) is 23.3. The highest BCUT2D eigenvalue weighted by Gasteiger charge is 2.56. The molecule has 5 aliphatic rings. The van der Waals surface area contributed by atoms with Crippen molar-refractivity contribution < 1.29 is 0 Å². The summed E-state index contributed by atoms with van der Waals surface area (Å²) in [5.41, 5.74) is 10.8. The van der Waals surface area contributed by atoms with Crippen LogP contribution >= 0.6 is 0 Å². The Labute approximate surface area is 240 Å². The van der Waals surface area contributed by atoms with Gasteiger partial charge < -0.3 is 15.5 Å². The van der Waals surface area contributed by atoms with E-state index in [4.69, 9.17) is 20.8 Å². The number of benzene rings is 1. The van der Waals surface area contributed by atoms with Gasteiger partial charge in [-0.3, -0.25) is 10.00 Å². The number of piperazine rings is 1. The molecule has 0 amide bonds. The summed E-state index contributed by atoms with van der Waals surface area (Å²) in [6.45, 7) is 3.42. The molecule has 3 aliphatic carbocycles. The molecule has 0 radical (unpaired) electrons. The van der Waals surface area contributed by atoms with Crippen LogP contribution in [0.4, 0.5) is 11.6 Å². The first kappa shape index (κ1) is 25.0. The molecule has 4 fully saturated rings. The van der Waals surface area contributed by atoms with Gasteiger partial charge in [-0.05, 0) is 67.9 Å². The third-order valence-electron chi connectivity index (χ3n) is 11.0. The van der Waals surface area contributed by atoms with Gasteiger partial charge in [0.1, 0.15) is 11.4 Å². The van der Waals surface area contributed by atoms with Crippen molar-refractivity contribution in [2.24, 2.45) is 17.1 Å². The highest BCUT2D eigenvalue weighted by molar-refractivity contribution is 5.84. The van der Waals surface area contributed by atoms with E-state index in [1.807, 2.05) is 6.20 Å². The first-order valence-corrected chi connectivity index (χ1v) is 15.2. The molecule has 2 saturated heterocycles. The second-order valence-corrected chi connectivity index (χ2v) is 13.0. The standard InChI is InChI=1S/C31H36N10/c32-17-20-5-6-23-24(15-20)41(31(19-33)7-8-31)14-13-40(23)29-26-28(37-38-29)36-25(18-35-26)39-11-9-30(10-12-39)16-21-3-1-2-4-22(21)27(30)34/h1-4,18,20,23-24,27H,5-16,34H2,(H,36,37,38)/t20?,23?,24?,27-/m1/s1. The SMILES string of the molecule is N#CC1CCC2C(C1)N(C1(C#N)CC1)CCN2c1n[nH]c2nc(N3CCC4(CC3)Cc3ccccc3[C@H]4N)cnc12. The van der Waals surface area contributed by atoms with Crippen LogP contribution in [0.3, 0.4) is 0 Å². The van der Waals surface area contributed by atoms with E-state index in [1.54, 1.807) is 0 Å². The lowest BCUT2D eigenvalue weighted by Crippen LogP contribution is -2.64. The summed E-state index contributed by atoms with van der Waals surface area (Å²) in [4.78, 5) is 17.0. The fourth-order valence-corrected chi connectivity index (χ4v) is 8.49. The highest BCUT2D eigenvalue weighted by Crippen LogP contribution is 2.51. The Kier molecular flexibility index (Phi) is 5.58. The van der Waals surface area contributed by atoms with E-state index in [0.717, 1.165) is 94.7 Å². The summed E-state index contributed by atoms with van der Waals surface area (Å²) in [5, 5.41) is 27.6. The van der Waals surface area contributed by atoms with Crippen LogP contribution in [0.5, 0.6) is 0 Å². The quantitative estimate of drug-likeness (QED) is 0.504. The molecule has 10 nitrogen and oxygen atoms in total. The third-order valence-corrected chi connectivity index (χ3v) is 11.0. The number of piperidine rings is 1. The topological polar surface area (TPSA) is 138 Å². The van der Waals surface area contributed by atoms with E-state index in [0.29, 0.717) is 5.65 Å². The van der Waals surface area contributed by atoms with Gasteiger partial charge in [0.05, 0.1) is 18.3 Å². The Bertz CT molecular complexity index is 1570. The molecule has 3 N–H and O–H groups in total. The molecule has 4 atom stereocenters. The first-order valence-electron chi connectivity index (χ1n) is 15.2. The zero-order chi connectivity index (χ0) is 27.8. The lowest BCUT2D eigenvalue weighted by molar-refractivity contribution is 0.0645. The number of nitrogens with one attached hydrogen (secondary N) is 1. The van der Waals surface area contributed by atoms with Gasteiger partial charge in [0.2, 0.25) is 0 Å². The van der Waals surface area contributed by atoms with Crippen LogP contribution in [0.15, 0.2) is 30.5 Å². The van der Waals surface area contributed by atoms with E-state index in [2.05, 4.69) is 56.2 Å². The highest BCUT2D eigenvalue weighted by atomic mass is 15.4. The summed E-state index contributed by atoms with van der Waals surface area (Å²) in [6.07, 6.45) is 9.51. The molecule has 2 saturated carbocycles. The van der Waals surface area contributed by atoms with Crippen LogP contribution in [0.1, 0.15) is 62.1 Å². The molecule has 0 bridgehead atoms. The average Bonchev–Trinajstić information content (AvgIpc) is 3.63. The number of aromatic nitrogens is 4. The Morgan fingerprint density at radius 2 is 1.83 bits per heavy atom. The van der Waals surface area contributed by atoms with Crippen molar-refractivity contribution >= 4 is 22.8 Å². The van der Waals surface area contributed by atoms with Gasteiger partial charge in [0.25, 0.3) is 0 Å². The maximum atomic E-state index is 9.94. The summed E-state index contributed by atoms with van der Waals surface area (Å²) in [6, 6.07) is 14.2. The lowest BCUT2D eigenvalue weighted by atomic mass is 9.73. The van der Waals surface area contributed by atoms with Crippen molar-refractivity contribution in [3.8, 4) is 12.1 Å². The maximum Gasteiger partial charge on any atom is 0.179 e. The van der Waals surface area contributed by atoms with E-state index >= 15 is 0 Å². The molecule has 2 aromatic heterocycles. The molecule has 1 spiro atoms. The lowest BCUT2D eigenvalue weighted by Gasteiger charge is -2.52. The summed E-state index contributed by atoms with van der Waals surface area (Å²) < 4.78 is 0. The third kappa shape index (κ3) is 3.77. The van der Waals surface area contributed by atoms with Crippen molar-refractivity contribution in [2.45, 2.75) is 75.0 Å². The minimum atomic E-state index is -0.340. The van der Waals surface area contributed by atoms with E-state index in [1.165, 1.54) is 11.1 Å². The molecule has 41 heavy (non-hydrogen) atoms. The molecule has 8 rings (SSSR count). The van der Waals surface area contributed by atoms with Crippen LogP contribution in [0.2, 0.25) is 0 Å². The molecule has 3 aromatic rings. The second kappa shape index (κ2) is 9.14. The van der Waals surface area contributed by atoms with Gasteiger partial charge in [0, 0.05) is 50.2 Å². The van der Waals surface area contributed by atoms with Crippen LogP contribution in [0, 0.1) is 34.0 Å². The van der Waals surface area contributed by atoms with Crippen LogP contribution < -0.4 is 15.5 Å². The monoisotopic (exact) mass is 548 g/mol. The number of fused-ring (bicyclic) bond motifs is 3. The Morgan fingerprint density at radius 1 is 1.00 bits per heavy atom. The van der Waals surface area contributed by atoms with E-state index < -0.39 is 0 Å². The number of rotatable bonds is 3. The number of H-pyrrole nitrogens is 1. The Hall–Kier alpha value is -3.73. The average molecular weight is 549 g/mol. The van der Waals surface area contributed by atoms with Crippen molar-refractivity contribution in [3.63, 3.8) is 0 Å². The zero-order valence-electron chi connectivity index (χ0n) is 23.3. The van der Waals surface area contributed by atoms with Crippen LogP contribution in [0.25, 0.3) is 11.2 Å². The molecule has 210 valence electrons. The van der Waals surface area contributed by atoms with Gasteiger partial charge in [0.15, 0.2) is 17.0 Å². The molecule has 10 heteroatoms. The van der Waals surface area contributed by atoms with Gasteiger partial charge in [-0.15, -0.1) is 0 Å². The maximum absolute atomic E-state index is 9.94. The minimum Gasteiger partial charge on any atom is -0.355 e. The Morgan fingerprint density at radius 3 is 2.59 bits per heavy atom. The number of anilines is 2. The Balaban J connectivity index is 1.02. The van der Waals surface area contributed by atoms with Crippen LogP contribution in [-0.4, -0.2) is 68.9 Å². The predicted molar refractivity (Wildman–Crippen MR) is 155 cm³/mol. The number of hydrogen-bond acceptors (Lipinski definition) is 9. The molecular formula is C31H36N10. The number of hydrogen-bond donors (Lipinski definition) is 2. The number of nitriles is 2. The van der Waals surface area contributed by atoms with E-state index in [-0.39, 0.29) is 35.0 Å². The normalized spacial score (nSPS) is 30.0. The molecule has 2 aliphatic heterocycles. The summed E-state index contributed by atoms with van der Waals surface area (Å²) in [5.74, 6) is 1.77. The summed E-state index contributed by atoms with van der Waals surface area (Å²) >= 11 is 0. The first-order chi connectivity index (χ1) is 20.0. The number of nitrogens with two attached hydrogens (primary N) is 1. The molecule has 3 unspecified atom stereocenters. The van der Waals surface area contributed by atoms with Crippen molar-refractivity contribution in [1.29, 1.82) is 10.5 Å². The van der Waals surface area contributed by atoms with Crippen molar-refractivity contribution in [3.05, 3.63) is 41.6 Å². The fourth-order valence-electron chi connectivity index (χ4n) is 8.49.